The van der Waals surface area contributed by atoms with Gasteiger partial charge in [0, 0.05) is 6.04 Å². The topological polar surface area (TPSA) is 38.0 Å². The second-order valence-electron chi connectivity index (χ2n) is 5.35. The number of benzene rings is 3. The molecule has 3 aromatic rings. The number of rotatable bonds is 5. The van der Waals surface area contributed by atoms with E-state index in [-0.39, 0.29) is 6.04 Å². The van der Waals surface area contributed by atoms with E-state index in [1.165, 1.54) is 21.9 Å². The Kier molecular flexibility index (Phi) is 4.29. The lowest BCUT2D eigenvalue weighted by Crippen LogP contribution is -2.28. The number of hydrazine groups is 1. The average Bonchev–Trinajstić information content (AvgIpc) is 2.56. The number of nitrogens with one attached hydrogen (secondary N) is 1. The maximum Gasteiger partial charge on any atom is 0.0463 e. The molecule has 0 fully saturated rings. The highest BCUT2D eigenvalue weighted by atomic mass is 15.2. The van der Waals surface area contributed by atoms with Crippen molar-refractivity contribution in [2.24, 2.45) is 5.84 Å². The Bertz CT molecular complexity index is 707. The minimum atomic E-state index is 0.176. The number of fused-ring (bicyclic) bond motifs is 1. The molecule has 106 valence electrons. The van der Waals surface area contributed by atoms with Gasteiger partial charge in [-0.25, -0.2) is 0 Å². The van der Waals surface area contributed by atoms with E-state index in [1.54, 1.807) is 0 Å². The van der Waals surface area contributed by atoms with Crippen LogP contribution < -0.4 is 11.3 Å². The molecule has 0 bridgehead atoms. The molecule has 0 heterocycles. The first-order valence-electron chi connectivity index (χ1n) is 7.35. The molecule has 2 nitrogen and oxygen atoms in total. The molecule has 0 radical (unpaired) electrons. The molecule has 3 rings (SSSR count). The summed E-state index contributed by atoms with van der Waals surface area (Å²) in [5.41, 5.74) is 5.54. The fourth-order valence-corrected chi connectivity index (χ4v) is 2.73. The van der Waals surface area contributed by atoms with Gasteiger partial charge >= 0.3 is 0 Å². The first-order valence-corrected chi connectivity index (χ1v) is 7.35. The third kappa shape index (κ3) is 3.30. The van der Waals surface area contributed by atoms with Gasteiger partial charge in [-0.1, -0.05) is 66.7 Å². The summed E-state index contributed by atoms with van der Waals surface area (Å²) >= 11 is 0. The lowest BCUT2D eigenvalue weighted by Gasteiger charge is -2.17. The maximum atomic E-state index is 5.76. The van der Waals surface area contributed by atoms with Crippen molar-refractivity contribution in [3.05, 3.63) is 83.9 Å². The van der Waals surface area contributed by atoms with Gasteiger partial charge in [0.15, 0.2) is 0 Å². The highest BCUT2D eigenvalue weighted by Gasteiger charge is 2.10. The van der Waals surface area contributed by atoms with Crippen molar-refractivity contribution < 1.29 is 0 Å². The summed E-state index contributed by atoms with van der Waals surface area (Å²) in [7, 11) is 0. The smallest absolute Gasteiger partial charge is 0.0463 e. The zero-order valence-corrected chi connectivity index (χ0v) is 12.0. The van der Waals surface area contributed by atoms with Crippen LogP contribution in [0.1, 0.15) is 23.6 Å². The molecule has 0 aromatic heterocycles. The standard InChI is InChI=1S/C19H20N2/c20-21-19(13-10-15-6-2-1-3-7-15)18-12-11-16-8-4-5-9-17(16)14-18/h1-9,11-12,14,19,21H,10,13,20H2. The minimum absolute atomic E-state index is 0.176. The molecular weight excluding hydrogens is 256 g/mol. The summed E-state index contributed by atoms with van der Waals surface area (Å²) in [5, 5.41) is 2.52. The van der Waals surface area contributed by atoms with Gasteiger partial charge < -0.3 is 0 Å². The molecule has 0 saturated heterocycles. The van der Waals surface area contributed by atoms with Gasteiger partial charge in [-0.3, -0.25) is 11.3 Å². The molecule has 3 aromatic carbocycles. The molecule has 2 heteroatoms. The third-order valence-corrected chi connectivity index (χ3v) is 3.94. The van der Waals surface area contributed by atoms with Crippen LogP contribution in [0, 0.1) is 0 Å². The Morgan fingerprint density at radius 1 is 0.810 bits per heavy atom. The van der Waals surface area contributed by atoms with Gasteiger partial charge in [-0.05, 0) is 40.8 Å². The molecular formula is C19H20N2. The van der Waals surface area contributed by atoms with Crippen LogP contribution in [0.3, 0.4) is 0 Å². The third-order valence-electron chi connectivity index (χ3n) is 3.94. The fraction of sp³-hybridized carbons (Fsp3) is 0.158. The Morgan fingerprint density at radius 3 is 2.29 bits per heavy atom. The fourth-order valence-electron chi connectivity index (χ4n) is 2.73. The number of nitrogens with two attached hydrogens (primary N) is 1. The molecule has 3 N–H and O–H groups in total. The number of hydrogen-bond donors (Lipinski definition) is 2. The van der Waals surface area contributed by atoms with Crippen molar-refractivity contribution in [1.82, 2.24) is 5.43 Å². The van der Waals surface area contributed by atoms with Gasteiger partial charge in [0.25, 0.3) is 0 Å². The normalized spacial score (nSPS) is 12.4. The number of aryl methyl sites for hydroxylation is 1. The van der Waals surface area contributed by atoms with Crippen molar-refractivity contribution >= 4 is 10.8 Å². The summed E-state index contributed by atoms with van der Waals surface area (Å²) in [6, 6.07) is 25.7. The van der Waals surface area contributed by atoms with E-state index in [0.29, 0.717) is 0 Å². The molecule has 0 aliphatic rings. The van der Waals surface area contributed by atoms with E-state index in [0.717, 1.165) is 12.8 Å². The highest BCUT2D eigenvalue weighted by molar-refractivity contribution is 5.83. The van der Waals surface area contributed by atoms with Crippen molar-refractivity contribution in [1.29, 1.82) is 0 Å². The van der Waals surface area contributed by atoms with E-state index in [4.69, 9.17) is 5.84 Å². The molecule has 0 aliphatic heterocycles. The predicted octanol–water partition coefficient (Wildman–Crippen LogP) is 3.98. The monoisotopic (exact) mass is 276 g/mol. The van der Waals surface area contributed by atoms with Crippen LogP contribution >= 0.6 is 0 Å². The lowest BCUT2D eigenvalue weighted by atomic mass is 9.97. The molecule has 1 atom stereocenters. The number of hydrogen-bond acceptors (Lipinski definition) is 2. The molecule has 0 aliphatic carbocycles. The minimum Gasteiger partial charge on any atom is -0.271 e. The molecule has 0 spiro atoms. The maximum absolute atomic E-state index is 5.76. The van der Waals surface area contributed by atoms with Crippen LogP contribution in [0.15, 0.2) is 72.8 Å². The highest BCUT2D eigenvalue weighted by Crippen LogP contribution is 2.23. The summed E-state index contributed by atoms with van der Waals surface area (Å²) in [5.74, 6) is 5.76. The predicted molar refractivity (Wildman–Crippen MR) is 88.8 cm³/mol. The van der Waals surface area contributed by atoms with E-state index in [2.05, 4.69) is 72.2 Å². The van der Waals surface area contributed by atoms with E-state index >= 15 is 0 Å². The molecule has 0 saturated carbocycles. The second-order valence-corrected chi connectivity index (χ2v) is 5.35. The summed E-state index contributed by atoms with van der Waals surface area (Å²) in [4.78, 5) is 0. The first-order chi connectivity index (χ1) is 10.4. The largest absolute Gasteiger partial charge is 0.271 e. The van der Waals surface area contributed by atoms with Gasteiger partial charge in [0.05, 0.1) is 0 Å². The van der Waals surface area contributed by atoms with Crippen LogP contribution in [-0.4, -0.2) is 0 Å². The van der Waals surface area contributed by atoms with Crippen LogP contribution in [0.25, 0.3) is 10.8 Å². The summed E-state index contributed by atoms with van der Waals surface area (Å²) in [6.07, 6.45) is 2.00. The first kappa shape index (κ1) is 13.8. The lowest BCUT2D eigenvalue weighted by molar-refractivity contribution is 0.517. The zero-order chi connectivity index (χ0) is 14.5. The molecule has 1 unspecified atom stereocenters. The quantitative estimate of drug-likeness (QED) is 0.546. The Labute approximate surface area is 125 Å². The Hall–Kier alpha value is -2.16. The van der Waals surface area contributed by atoms with Crippen molar-refractivity contribution in [3.63, 3.8) is 0 Å². The van der Waals surface area contributed by atoms with Crippen LogP contribution in [0.2, 0.25) is 0 Å². The zero-order valence-electron chi connectivity index (χ0n) is 12.0. The van der Waals surface area contributed by atoms with Crippen LogP contribution in [0.4, 0.5) is 0 Å². The van der Waals surface area contributed by atoms with Gasteiger partial charge in [-0.2, -0.15) is 0 Å². The van der Waals surface area contributed by atoms with Crippen LogP contribution in [0.5, 0.6) is 0 Å². The summed E-state index contributed by atoms with van der Waals surface area (Å²) < 4.78 is 0. The van der Waals surface area contributed by atoms with Gasteiger partial charge in [-0.15, -0.1) is 0 Å². The Balaban J connectivity index is 1.78. The molecule has 0 amide bonds. The van der Waals surface area contributed by atoms with Crippen molar-refractivity contribution in [3.8, 4) is 0 Å². The van der Waals surface area contributed by atoms with E-state index in [1.807, 2.05) is 6.07 Å². The average molecular weight is 276 g/mol. The van der Waals surface area contributed by atoms with Crippen LogP contribution in [-0.2, 0) is 6.42 Å². The SMILES string of the molecule is NNC(CCc1ccccc1)c1ccc2ccccc2c1. The van der Waals surface area contributed by atoms with E-state index in [9.17, 15) is 0 Å². The summed E-state index contributed by atoms with van der Waals surface area (Å²) in [6.45, 7) is 0. The second kappa shape index (κ2) is 6.53. The van der Waals surface area contributed by atoms with Gasteiger partial charge in [0.2, 0.25) is 0 Å². The molecule has 21 heavy (non-hydrogen) atoms. The van der Waals surface area contributed by atoms with Gasteiger partial charge in [0.1, 0.15) is 0 Å². The van der Waals surface area contributed by atoms with Crippen molar-refractivity contribution in [2.45, 2.75) is 18.9 Å². The van der Waals surface area contributed by atoms with E-state index < -0.39 is 0 Å². The Morgan fingerprint density at radius 2 is 1.52 bits per heavy atom. The van der Waals surface area contributed by atoms with Crippen molar-refractivity contribution in [2.75, 3.05) is 0 Å².